The van der Waals surface area contributed by atoms with E-state index in [0.717, 1.165) is 25.7 Å². The number of likely N-dealkylation sites (tertiary alicyclic amines) is 1. The lowest BCUT2D eigenvalue weighted by molar-refractivity contribution is 0.0604. The van der Waals surface area contributed by atoms with Gasteiger partial charge in [-0.05, 0) is 37.8 Å². The van der Waals surface area contributed by atoms with Gasteiger partial charge in [-0.2, -0.15) is 0 Å². The molecule has 2 rings (SSSR count). The van der Waals surface area contributed by atoms with Gasteiger partial charge in [0.05, 0.1) is 10.5 Å². The fourth-order valence-corrected chi connectivity index (χ4v) is 3.47. The molecular weight excluding hydrogens is 276 g/mol. The number of piperidine rings is 1. The van der Waals surface area contributed by atoms with E-state index >= 15 is 0 Å². The summed E-state index contributed by atoms with van der Waals surface area (Å²) >= 11 is 0. The van der Waals surface area contributed by atoms with Crippen LogP contribution in [0.2, 0.25) is 0 Å². The van der Waals surface area contributed by atoms with E-state index in [1.807, 2.05) is 6.92 Å². The Balaban J connectivity index is 2.38. The van der Waals surface area contributed by atoms with E-state index in [4.69, 9.17) is 5.14 Å². The van der Waals surface area contributed by atoms with E-state index in [1.54, 1.807) is 17.0 Å². The largest absolute Gasteiger partial charge is 0.336 e. The third-order valence-corrected chi connectivity index (χ3v) is 4.75. The van der Waals surface area contributed by atoms with Gasteiger partial charge in [0.15, 0.2) is 0 Å². The molecule has 2 N–H and O–H groups in total. The second kappa shape index (κ2) is 5.93. The molecular formula is C14H20N2O3S. The molecule has 5 nitrogen and oxygen atoms in total. The van der Waals surface area contributed by atoms with E-state index < -0.39 is 10.0 Å². The first-order valence-corrected chi connectivity index (χ1v) is 8.42. The highest BCUT2D eigenvalue weighted by Gasteiger charge is 2.29. The molecule has 1 saturated heterocycles. The summed E-state index contributed by atoms with van der Waals surface area (Å²) in [5, 5.41) is 5.19. The van der Waals surface area contributed by atoms with Crippen molar-refractivity contribution in [3.63, 3.8) is 0 Å². The number of nitrogens with zero attached hydrogens (tertiary/aromatic N) is 1. The Morgan fingerprint density at radius 2 is 2.05 bits per heavy atom. The smallest absolute Gasteiger partial charge is 0.255 e. The maximum atomic E-state index is 12.6. The molecule has 20 heavy (non-hydrogen) atoms. The van der Waals surface area contributed by atoms with E-state index in [-0.39, 0.29) is 22.4 Å². The summed E-state index contributed by atoms with van der Waals surface area (Å²) in [6.45, 7) is 2.72. The second-order valence-electron chi connectivity index (χ2n) is 5.10. The summed E-state index contributed by atoms with van der Waals surface area (Å²) in [4.78, 5) is 14.3. The highest BCUT2D eigenvalue weighted by Crippen LogP contribution is 2.24. The minimum Gasteiger partial charge on any atom is -0.336 e. The average Bonchev–Trinajstić information content (AvgIpc) is 2.45. The molecule has 1 aromatic carbocycles. The van der Waals surface area contributed by atoms with Crippen LogP contribution in [0.4, 0.5) is 0 Å². The predicted molar refractivity (Wildman–Crippen MR) is 76.8 cm³/mol. The molecule has 0 saturated carbocycles. The van der Waals surface area contributed by atoms with Crippen LogP contribution in [0.25, 0.3) is 0 Å². The van der Waals surface area contributed by atoms with Gasteiger partial charge < -0.3 is 4.90 Å². The predicted octanol–water partition coefficient (Wildman–Crippen LogP) is 1.74. The first-order valence-electron chi connectivity index (χ1n) is 6.88. The van der Waals surface area contributed by atoms with Crippen molar-refractivity contribution >= 4 is 15.9 Å². The Morgan fingerprint density at radius 3 is 2.70 bits per heavy atom. The molecule has 1 amide bonds. The Hall–Kier alpha value is -1.40. The van der Waals surface area contributed by atoms with Crippen molar-refractivity contribution in [2.24, 2.45) is 5.14 Å². The van der Waals surface area contributed by atoms with Crippen LogP contribution in [-0.4, -0.2) is 31.8 Å². The van der Waals surface area contributed by atoms with Crippen molar-refractivity contribution in [1.29, 1.82) is 0 Å². The van der Waals surface area contributed by atoms with Gasteiger partial charge in [0.25, 0.3) is 5.91 Å². The lowest BCUT2D eigenvalue weighted by Crippen LogP contribution is -2.43. The Labute approximate surface area is 119 Å². The molecule has 1 aliphatic heterocycles. The minimum atomic E-state index is -3.89. The van der Waals surface area contributed by atoms with Gasteiger partial charge in [-0.1, -0.05) is 19.1 Å². The van der Waals surface area contributed by atoms with Crippen LogP contribution in [0.3, 0.4) is 0 Å². The number of carbonyl (C=O) groups is 1. The molecule has 1 heterocycles. The Kier molecular flexibility index (Phi) is 4.45. The van der Waals surface area contributed by atoms with Crippen LogP contribution in [0.5, 0.6) is 0 Å². The quantitative estimate of drug-likeness (QED) is 0.922. The number of carbonyl (C=O) groups excluding carboxylic acids is 1. The molecule has 1 aromatic rings. The lowest BCUT2D eigenvalue weighted by Gasteiger charge is -2.35. The zero-order valence-corrected chi connectivity index (χ0v) is 12.4. The number of hydrogen-bond donors (Lipinski definition) is 1. The van der Waals surface area contributed by atoms with E-state index in [0.29, 0.717) is 6.54 Å². The highest BCUT2D eigenvalue weighted by molar-refractivity contribution is 7.89. The van der Waals surface area contributed by atoms with Crippen LogP contribution in [0, 0.1) is 0 Å². The topological polar surface area (TPSA) is 80.5 Å². The number of benzene rings is 1. The zero-order chi connectivity index (χ0) is 14.8. The normalized spacial score (nSPS) is 19.9. The third kappa shape index (κ3) is 3.02. The van der Waals surface area contributed by atoms with Gasteiger partial charge in [0.1, 0.15) is 0 Å². The summed E-state index contributed by atoms with van der Waals surface area (Å²) < 4.78 is 23.2. The molecule has 0 spiro atoms. The average molecular weight is 296 g/mol. The molecule has 1 unspecified atom stereocenters. The van der Waals surface area contributed by atoms with Gasteiger partial charge in [-0.15, -0.1) is 0 Å². The Bertz CT molecular complexity index is 598. The van der Waals surface area contributed by atoms with Crippen molar-refractivity contribution < 1.29 is 13.2 Å². The van der Waals surface area contributed by atoms with Gasteiger partial charge in [0, 0.05) is 12.6 Å². The minimum absolute atomic E-state index is 0.0922. The lowest BCUT2D eigenvalue weighted by atomic mass is 9.99. The summed E-state index contributed by atoms with van der Waals surface area (Å²) in [6, 6.07) is 6.33. The molecule has 110 valence electrons. The van der Waals surface area contributed by atoms with Crippen LogP contribution < -0.4 is 5.14 Å². The summed E-state index contributed by atoms with van der Waals surface area (Å²) in [5.74, 6) is -0.235. The number of nitrogens with two attached hydrogens (primary N) is 1. The van der Waals surface area contributed by atoms with Gasteiger partial charge >= 0.3 is 0 Å². The molecule has 1 aliphatic rings. The molecule has 1 fully saturated rings. The highest BCUT2D eigenvalue weighted by atomic mass is 32.2. The molecule has 0 aromatic heterocycles. The van der Waals surface area contributed by atoms with Crippen molar-refractivity contribution in [1.82, 2.24) is 4.90 Å². The maximum absolute atomic E-state index is 12.6. The van der Waals surface area contributed by atoms with Gasteiger partial charge in [0.2, 0.25) is 10.0 Å². The van der Waals surface area contributed by atoms with Crippen molar-refractivity contribution in [3.8, 4) is 0 Å². The third-order valence-electron chi connectivity index (χ3n) is 3.78. The SMILES string of the molecule is CCC1CCCCN1C(=O)c1ccccc1S(N)(=O)=O. The first kappa shape index (κ1) is 15.0. The van der Waals surface area contributed by atoms with Crippen LogP contribution >= 0.6 is 0 Å². The summed E-state index contributed by atoms with van der Waals surface area (Å²) in [6.07, 6.45) is 3.92. The summed E-state index contributed by atoms with van der Waals surface area (Å²) in [7, 11) is -3.89. The van der Waals surface area contributed by atoms with Crippen LogP contribution in [0.15, 0.2) is 29.2 Å². The number of sulfonamides is 1. The summed E-state index contributed by atoms with van der Waals surface area (Å²) in [5.41, 5.74) is 0.176. The van der Waals surface area contributed by atoms with Crippen LogP contribution in [0.1, 0.15) is 43.0 Å². The number of rotatable bonds is 3. The monoisotopic (exact) mass is 296 g/mol. The molecule has 0 aliphatic carbocycles. The molecule has 0 bridgehead atoms. The van der Waals surface area contributed by atoms with Crippen LogP contribution in [-0.2, 0) is 10.0 Å². The number of hydrogen-bond acceptors (Lipinski definition) is 3. The van der Waals surface area contributed by atoms with E-state index in [2.05, 4.69) is 0 Å². The van der Waals surface area contributed by atoms with Crippen molar-refractivity contribution in [3.05, 3.63) is 29.8 Å². The second-order valence-corrected chi connectivity index (χ2v) is 6.63. The molecule has 1 atom stereocenters. The van der Waals surface area contributed by atoms with Gasteiger partial charge in [-0.25, -0.2) is 13.6 Å². The number of primary sulfonamides is 1. The van der Waals surface area contributed by atoms with Crippen molar-refractivity contribution in [2.45, 2.75) is 43.5 Å². The molecule has 0 radical (unpaired) electrons. The Morgan fingerprint density at radius 1 is 1.35 bits per heavy atom. The maximum Gasteiger partial charge on any atom is 0.255 e. The number of amides is 1. The fourth-order valence-electron chi connectivity index (χ4n) is 2.74. The van der Waals surface area contributed by atoms with E-state index in [1.165, 1.54) is 12.1 Å². The van der Waals surface area contributed by atoms with E-state index in [9.17, 15) is 13.2 Å². The zero-order valence-electron chi connectivity index (χ0n) is 11.6. The van der Waals surface area contributed by atoms with Gasteiger partial charge in [-0.3, -0.25) is 4.79 Å². The van der Waals surface area contributed by atoms with Crippen molar-refractivity contribution in [2.75, 3.05) is 6.54 Å². The first-order chi connectivity index (χ1) is 9.45. The standard InChI is InChI=1S/C14H20N2O3S/c1-2-11-7-5-6-10-16(11)14(17)12-8-3-4-9-13(12)20(15,18)19/h3-4,8-9,11H,2,5-7,10H2,1H3,(H2,15,18,19). The molecule has 6 heteroatoms. The fraction of sp³-hybridized carbons (Fsp3) is 0.500.